The predicted molar refractivity (Wildman–Crippen MR) is 83.8 cm³/mol. The van der Waals surface area contributed by atoms with Crippen LogP contribution in [0.25, 0.3) is 0 Å². The van der Waals surface area contributed by atoms with E-state index in [9.17, 15) is 4.39 Å². The third kappa shape index (κ3) is 3.60. The van der Waals surface area contributed by atoms with Gasteiger partial charge in [0.25, 0.3) is 0 Å². The van der Waals surface area contributed by atoms with Crippen LogP contribution >= 0.6 is 0 Å². The Balaban J connectivity index is 2.24. The Morgan fingerprint density at radius 3 is 2.38 bits per heavy atom. The van der Waals surface area contributed by atoms with E-state index in [1.54, 1.807) is 19.2 Å². The highest BCUT2D eigenvalue weighted by atomic mass is 19.1. The van der Waals surface area contributed by atoms with Crippen LogP contribution in [0.1, 0.15) is 17.2 Å². The van der Waals surface area contributed by atoms with Crippen LogP contribution in [0.3, 0.4) is 0 Å². The molecule has 0 bridgehead atoms. The van der Waals surface area contributed by atoms with Crippen molar-refractivity contribution in [1.29, 1.82) is 0 Å². The first-order chi connectivity index (χ1) is 10.2. The van der Waals surface area contributed by atoms with E-state index in [0.717, 1.165) is 11.1 Å². The summed E-state index contributed by atoms with van der Waals surface area (Å²) in [5.41, 5.74) is 8.61. The molecule has 2 aromatic rings. The van der Waals surface area contributed by atoms with Gasteiger partial charge in [0.1, 0.15) is 5.82 Å². The molecule has 112 valence electrons. The molecular weight excluding hydrogens is 267 g/mol. The van der Waals surface area contributed by atoms with E-state index in [1.807, 2.05) is 42.3 Å². The molecule has 21 heavy (non-hydrogen) atoms. The zero-order valence-electron chi connectivity index (χ0n) is 12.4. The summed E-state index contributed by atoms with van der Waals surface area (Å²) in [5.74, 6) is -0.241. The molecule has 0 aliphatic carbocycles. The number of hydrogen-bond acceptors (Lipinski definition) is 3. The molecule has 2 rings (SSSR count). The molecule has 0 heterocycles. The van der Waals surface area contributed by atoms with Crippen LogP contribution in [0, 0.1) is 5.82 Å². The Kier molecular flexibility index (Phi) is 5.31. The normalized spacial score (nSPS) is 12.2. The first-order valence-electron chi connectivity index (χ1n) is 6.92. The number of anilines is 1. The lowest BCUT2D eigenvalue weighted by Crippen LogP contribution is -2.31. The van der Waals surface area contributed by atoms with Gasteiger partial charge in [-0.1, -0.05) is 36.4 Å². The smallest absolute Gasteiger partial charge is 0.146 e. The second kappa shape index (κ2) is 7.20. The van der Waals surface area contributed by atoms with Crippen LogP contribution in [0.5, 0.6) is 0 Å². The molecule has 1 atom stereocenters. The lowest BCUT2D eigenvalue weighted by Gasteiger charge is -2.30. The number of nitrogens with zero attached hydrogens (tertiary/aromatic N) is 1. The Labute approximate surface area is 125 Å². The maximum Gasteiger partial charge on any atom is 0.146 e. The summed E-state index contributed by atoms with van der Waals surface area (Å²) in [6.07, 6.45) is 0. The fourth-order valence-corrected chi connectivity index (χ4v) is 2.43. The van der Waals surface area contributed by atoms with Crippen LogP contribution in [0.4, 0.5) is 10.1 Å². The SMILES string of the molecule is COCc1ccc(C(CN)N(C)c2ccccc2F)cc1. The van der Waals surface area contributed by atoms with Gasteiger partial charge in [0.15, 0.2) is 0 Å². The summed E-state index contributed by atoms with van der Waals surface area (Å²) in [4.78, 5) is 1.88. The monoisotopic (exact) mass is 288 g/mol. The molecule has 0 amide bonds. The van der Waals surface area contributed by atoms with Crippen molar-refractivity contribution in [2.75, 3.05) is 25.6 Å². The van der Waals surface area contributed by atoms with Gasteiger partial charge in [-0.15, -0.1) is 0 Å². The number of rotatable bonds is 6. The van der Waals surface area contributed by atoms with Gasteiger partial charge in [0.05, 0.1) is 18.3 Å². The molecule has 3 nitrogen and oxygen atoms in total. The first kappa shape index (κ1) is 15.5. The van der Waals surface area contributed by atoms with Crippen LogP contribution in [0.2, 0.25) is 0 Å². The van der Waals surface area contributed by atoms with Gasteiger partial charge in [-0.2, -0.15) is 0 Å². The van der Waals surface area contributed by atoms with E-state index in [1.165, 1.54) is 6.07 Å². The summed E-state index contributed by atoms with van der Waals surface area (Å²) < 4.78 is 19.0. The van der Waals surface area contributed by atoms with Crippen molar-refractivity contribution in [3.63, 3.8) is 0 Å². The minimum atomic E-state index is -0.241. The summed E-state index contributed by atoms with van der Waals surface area (Å²) in [7, 11) is 3.53. The van der Waals surface area contributed by atoms with Crippen LogP contribution < -0.4 is 10.6 Å². The van der Waals surface area contributed by atoms with Crippen molar-refractivity contribution in [2.45, 2.75) is 12.6 Å². The van der Waals surface area contributed by atoms with Gasteiger partial charge >= 0.3 is 0 Å². The highest BCUT2D eigenvalue weighted by molar-refractivity contribution is 5.49. The summed E-state index contributed by atoms with van der Waals surface area (Å²) >= 11 is 0. The Bertz CT molecular complexity index is 571. The average molecular weight is 288 g/mol. The highest BCUT2D eigenvalue weighted by Gasteiger charge is 2.18. The van der Waals surface area contributed by atoms with Crippen LogP contribution in [-0.2, 0) is 11.3 Å². The topological polar surface area (TPSA) is 38.5 Å². The predicted octanol–water partition coefficient (Wildman–Crippen LogP) is 3.11. The minimum Gasteiger partial charge on any atom is -0.380 e. The number of hydrogen-bond donors (Lipinski definition) is 1. The number of nitrogens with two attached hydrogens (primary N) is 1. The standard InChI is InChI=1S/C17H21FN2O/c1-20(16-6-4-3-5-15(16)18)17(11-19)14-9-7-13(8-10-14)12-21-2/h3-10,17H,11-12,19H2,1-2H3. The Hall–Kier alpha value is -1.91. The fourth-order valence-electron chi connectivity index (χ4n) is 2.43. The van der Waals surface area contributed by atoms with Crippen molar-refractivity contribution in [3.05, 3.63) is 65.5 Å². The van der Waals surface area contributed by atoms with Crippen LogP contribution in [-0.4, -0.2) is 20.7 Å². The fraction of sp³-hybridized carbons (Fsp3) is 0.294. The number of methoxy groups -OCH3 is 1. The quantitative estimate of drug-likeness (QED) is 0.887. The molecule has 0 aromatic heterocycles. The number of benzene rings is 2. The molecule has 0 fully saturated rings. The van der Waals surface area contributed by atoms with E-state index >= 15 is 0 Å². The Morgan fingerprint density at radius 1 is 1.14 bits per heavy atom. The number of para-hydroxylation sites is 1. The molecule has 0 aliphatic heterocycles. The van der Waals surface area contributed by atoms with Crippen molar-refractivity contribution < 1.29 is 9.13 Å². The lowest BCUT2D eigenvalue weighted by molar-refractivity contribution is 0.185. The summed E-state index contributed by atoms with van der Waals surface area (Å²) in [6, 6.07) is 14.7. The molecule has 2 aromatic carbocycles. The van der Waals surface area contributed by atoms with Gasteiger partial charge < -0.3 is 15.4 Å². The maximum atomic E-state index is 13.9. The first-order valence-corrected chi connectivity index (χ1v) is 6.92. The molecule has 0 radical (unpaired) electrons. The summed E-state index contributed by atoms with van der Waals surface area (Å²) in [6.45, 7) is 0.991. The molecule has 0 spiro atoms. The second-order valence-electron chi connectivity index (χ2n) is 4.99. The number of ether oxygens (including phenoxy) is 1. The minimum absolute atomic E-state index is 0.0708. The molecule has 2 N–H and O–H groups in total. The van der Waals surface area contributed by atoms with E-state index in [4.69, 9.17) is 10.5 Å². The average Bonchev–Trinajstić information content (AvgIpc) is 2.50. The molecule has 4 heteroatoms. The van der Waals surface area contributed by atoms with Gasteiger partial charge in [0.2, 0.25) is 0 Å². The van der Waals surface area contributed by atoms with Crippen molar-refractivity contribution in [2.24, 2.45) is 5.73 Å². The van der Waals surface area contributed by atoms with E-state index in [-0.39, 0.29) is 11.9 Å². The second-order valence-corrected chi connectivity index (χ2v) is 4.99. The third-order valence-electron chi connectivity index (χ3n) is 3.60. The van der Waals surface area contributed by atoms with Gasteiger partial charge in [0, 0.05) is 20.7 Å². The molecule has 0 aliphatic rings. The molecule has 1 unspecified atom stereocenters. The zero-order valence-corrected chi connectivity index (χ0v) is 12.4. The Morgan fingerprint density at radius 2 is 1.81 bits per heavy atom. The lowest BCUT2D eigenvalue weighted by atomic mass is 10.0. The third-order valence-corrected chi connectivity index (χ3v) is 3.60. The number of likely N-dealkylation sites (N-methyl/N-ethyl adjacent to an activating group) is 1. The van der Waals surface area contributed by atoms with Gasteiger partial charge in [-0.05, 0) is 23.3 Å². The largest absolute Gasteiger partial charge is 0.380 e. The van der Waals surface area contributed by atoms with Gasteiger partial charge in [-0.3, -0.25) is 0 Å². The van der Waals surface area contributed by atoms with E-state index < -0.39 is 0 Å². The maximum absolute atomic E-state index is 13.9. The highest BCUT2D eigenvalue weighted by Crippen LogP contribution is 2.27. The molecular formula is C17H21FN2O. The van der Waals surface area contributed by atoms with Crippen molar-refractivity contribution in [1.82, 2.24) is 0 Å². The van der Waals surface area contributed by atoms with Crippen molar-refractivity contribution >= 4 is 5.69 Å². The van der Waals surface area contributed by atoms with Crippen molar-refractivity contribution in [3.8, 4) is 0 Å². The number of halogens is 1. The molecule has 0 saturated carbocycles. The van der Waals surface area contributed by atoms with E-state index in [2.05, 4.69) is 0 Å². The van der Waals surface area contributed by atoms with Gasteiger partial charge in [-0.25, -0.2) is 4.39 Å². The van der Waals surface area contributed by atoms with E-state index in [0.29, 0.717) is 18.8 Å². The zero-order chi connectivity index (χ0) is 15.2. The summed E-state index contributed by atoms with van der Waals surface area (Å²) in [5, 5.41) is 0. The van der Waals surface area contributed by atoms with Crippen LogP contribution in [0.15, 0.2) is 48.5 Å². The molecule has 0 saturated heterocycles.